The average molecular weight is 401 g/mol. The van der Waals surface area contributed by atoms with Crippen molar-refractivity contribution in [3.8, 4) is 0 Å². The third-order valence-electron chi connectivity index (χ3n) is 5.35. The van der Waals surface area contributed by atoms with E-state index in [0.717, 1.165) is 0 Å². The van der Waals surface area contributed by atoms with Crippen LogP contribution in [0.15, 0.2) is 60.7 Å². The molecule has 0 saturated carbocycles. The summed E-state index contributed by atoms with van der Waals surface area (Å²) in [5.41, 5.74) is 0. The van der Waals surface area contributed by atoms with Gasteiger partial charge in [0.25, 0.3) is 8.32 Å². The SMILES string of the molecule is CC1(C)OC[C@H](O)[C@H](CO[Si](c2ccccc2)(c2ccccc2)C(C)(C)C)O1. The number of hydrogen-bond donors (Lipinski definition) is 1. The Hall–Kier alpha value is -1.50. The van der Waals surface area contributed by atoms with Crippen molar-refractivity contribution in [1.29, 1.82) is 0 Å². The van der Waals surface area contributed by atoms with Crippen molar-refractivity contribution in [1.82, 2.24) is 0 Å². The van der Waals surface area contributed by atoms with Crippen molar-refractivity contribution in [2.24, 2.45) is 0 Å². The first-order valence-electron chi connectivity index (χ1n) is 9.90. The van der Waals surface area contributed by atoms with Crippen LogP contribution in [-0.4, -0.2) is 44.6 Å². The van der Waals surface area contributed by atoms with Crippen LogP contribution in [0.4, 0.5) is 0 Å². The van der Waals surface area contributed by atoms with Gasteiger partial charge in [-0.15, -0.1) is 0 Å². The predicted octanol–water partition coefficient (Wildman–Crippen LogP) is 3.08. The third kappa shape index (κ3) is 4.24. The molecule has 0 amide bonds. The van der Waals surface area contributed by atoms with Gasteiger partial charge in [0.1, 0.15) is 12.2 Å². The Morgan fingerprint density at radius 3 is 1.96 bits per heavy atom. The van der Waals surface area contributed by atoms with Gasteiger partial charge in [0, 0.05) is 0 Å². The van der Waals surface area contributed by atoms with Crippen LogP contribution in [-0.2, 0) is 13.9 Å². The normalized spacial score (nSPS) is 22.8. The molecule has 0 aliphatic carbocycles. The number of aliphatic hydroxyl groups is 1. The zero-order valence-electron chi connectivity index (χ0n) is 17.5. The molecule has 4 nitrogen and oxygen atoms in total. The number of ether oxygens (including phenoxy) is 2. The Kier molecular flexibility index (Phi) is 6.13. The zero-order valence-corrected chi connectivity index (χ0v) is 18.5. The molecule has 5 heteroatoms. The van der Waals surface area contributed by atoms with Gasteiger partial charge in [-0.05, 0) is 29.3 Å². The number of benzene rings is 2. The van der Waals surface area contributed by atoms with Crippen LogP contribution < -0.4 is 10.4 Å². The highest BCUT2D eigenvalue weighted by Crippen LogP contribution is 2.37. The lowest BCUT2D eigenvalue weighted by Gasteiger charge is -2.45. The molecule has 0 bridgehead atoms. The fourth-order valence-corrected chi connectivity index (χ4v) is 8.55. The molecule has 1 aliphatic rings. The van der Waals surface area contributed by atoms with E-state index >= 15 is 0 Å². The smallest absolute Gasteiger partial charge is 0.261 e. The van der Waals surface area contributed by atoms with Crippen molar-refractivity contribution < 1.29 is 19.0 Å². The van der Waals surface area contributed by atoms with Crippen molar-refractivity contribution in [2.45, 2.75) is 57.7 Å². The second kappa shape index (κ2) is 8.09. The first kappa shape index (κ1) is 21.2. The van der Waals surface area contributed by atoms with Crippen LogP contribution in [0.2, 0.25) is 5.04 Å². The summed E-state index contributed by atoms with van der Waals surface area (Å²) in [6, 6.07) is 21.0. The van der Waals surface area contributed by atoms with Gasteiger partial charge in [0.15, 0.2) is 5.79 Å². The molecule has 152 valence electrons. The molecule has 1 N–H and O–H groups in total. The molecular weight excluding hydrogens is 368 g/mol. The van der Waals surface area contributed by atoms with E-state index in [0.29, 0.717) is 6.61 Å². The van der Waals surface area contributed by atoms with Gasteiger partial charge >= 0.3 is 0 Å². The molecular formula is C23H32O4Si. The first-order chi connectivity index (χ1) is 13.2. The summed E-state index contributed by atoms with van der Waals surface area (Å²) in [6.45, 7) is 11.0. The average Bonchev–Trinajstić information content (AvgIpc) is 2.65. The molecule has 1 saturated heterocycles. The summed E-state index contributed by atoms with van der Waals surface area (Å²) in [5, 5.41) is 12.8. The minimum Gasteiger partial charge on any atom is -0.405 e. The summed E-state index contributed by atoms with van der Waals surface area (Å²) >= 11 is 0. The van der Waals surface area contributed by atoms with Crippen LogP contribution in [0.25, 0.3) is 0 Å². The molecule has 3 rings (SSSR count). The highest BCUT2D eigenvalue weighted by atomic mass is 28.4. The van der Waals surface area contributed by atoms with Crippen LogP contribution in [0.5, 0.6) is 0 Å². The number of hydrogen-bond acceptors (Lipinski definition) is 4. The first-order valence-corrected chi connectivity index (χ1v) is 11.8. The summed E-state index contributed by atoms with van der Waals surface area (Å²) in [4.78, 5) is 0. The topological polar surface area (TPSA) is 47.9 Å². The van der Waals surface area contributed by atoms with Gasteiger partial charge in [-0.1, -0.05) is 81.4 Å². The molecule has 0 unspecified atom stereocenters. The Morgan fingerprint density at radius 1 is 1.00 bits per heavy atom. The minimum absolute atomic E-state index is 0.110. The fraction of sp³-hybridized carbons (Fsp3) is 0.478. The van der Waals surface area contributed by atoms with E-state index in [-0.39, 0.29) is 11.6 Å². The van der Waals surface area contributed by atoms with Gasteiger partial charge in [-0.2, -0.15) is 0 Å². The lowest BCUT2D eigenvalue weighted by Crippen LogP contribution is -2.67. The molecule has 0 radical (unpaired) electrons. The van der Waals surface area contributed by atoms with Crippen molar-refractivity contribution in [3.63, 3.8) is 0 Å². The quantitative estimate of drug-likeness (QED) is 0.784. The van der Waals surface area contributed by atoms with E-state index in [1.807, 2.05) is 26.0 Å². The molecule has 1 aliphatic heterocycles. The van der Waals surface area contributed by atoms with Crippen molar-refractivity contribution in [2.75, 3.05) is 13.2 Å². The lowest BCUT2D eigenvalue weighted by molar-refractivity contribution is -0.307. The number of aliphatic hydroxyl groups excluding tert-OH is 1. The maximum atomic E-state index is 10.4. The van der Waals surface area contributed by atoms with Gasteiger partial charge in [-0.3, -0.25) is 0 Å². The molecule has 28 heavy (non-hydrogen) atoms. The Balaban J connectivity index is 2.01. The maximum absolute atomic E-state index is 10.4. The van der Waals surface area contributed by atoms with Crippen molar-refractivity contribution in [3.05, 3.63) is 60.7 Å². The Labute approximate surface area is 169 Å². The van der Waals surface area contributed by atoms with Gasteiger partial charge < -0.3 is 19.0 Å². The minimum atomic E-state index is -2.64. The maximum Gasteiger partial charge on any atom is 0.261 e. The predicted molar refractivity (Wildman–Crippen MR) is 114 cm³/mol. The summed E-state index contributed by atoms with van der Waals surface area (Å²) in [6.07, 6.45) is -1.13. The van der Waals surface area contributed by atoms with Crippen LogP contribution in [0.1, 0.15) is 34.6 Å². The summed E-state index contributed by atoms with van der Waals surface area (Å²) in [5.74, 6) is -0.724. The monoisotopic (exact) mass is 400 g/mol. The van der Waals surface area contributed by atoms with Crippen LogP contribution in [0, 0.1) is 0 Å². The zero-order chi connectivity index (χ0) is 20.4. The van der Waals surface area contributed by atoms with Gasteiger partial charge in [0.05, 0.1) is 13.2 Å². The molecule has 2 atom stereocenters. The molecule has 0 aromatic heterocycles. The van der Waals surface area contributed by atoms with E-state index < -0.39 is 26.3 Å². The highest BCUT2D eigenvalue weighted by Gasteiger charge is 2.51. The Morgan fingerprint density at radius 2 is 1.50 bits per heavy atom. The lowest BCUT2D eigenvalue weighted by atomic mass is 10.2. The third-order valence-corrected chi connectivity index (χ3v) is 10.4. The van der Waals surface area contributed by atoms with Crippen LogP contribution in [0.3, 0.4) is 0 Å². The highest BCUT2D eigenvalue weighted by molar-refractivity contribution is 6.99. The van der Waals surface area contributed by atoms with Crippen LogP contribution >= 0.6 is 0 Å². The standard InChI is InChI=1S/C23H32O4Si/c1-22(2,3)28(18-12-8-6-9-13-18,19-14-10-7-11-15-19)26-17-21-20(24)16-25-23(4,5)27-21/h6-15,20-21,24H,16-17H2,1-5H3/t20-,21-/m0/s1. The molecule has 2 aromatic rings. The molecule has 2 aromatic carbocycles. The van der Waals surface area contributed by atoms with E-state index in [1.54, 1.807) is 0 Å². The number of rotatable bonds is 5. The largest absolute Gasteiger partial charge is 0.405 e. The summed E-state index contributed by atoms with van der Waals surface area (Å²) < 4.78 is 18.4. The van der Waals surface area contributed by atoms with Gasteiger partial charge in [0.2, 0.25) is 0 Å². The fourth-order valence-electron chi connectivity index (χ4n) is 3.98. The molecule has 1 fully saturated rings. The molecule has 0 spiro atoms. The van der Waals surface area contributed by atoms with E-state index in [4.69, 9.17) is 13.9 Å². The van der Waals surface area contributed by atoms with Gasteiger partial charge in [-0.25, -0.2) is 0 Å². The molecule has 1 heterocycles. The Bertz CT molecular complexity index is 716. The second-order valence-electron chi connectivity index (χ2n) is 8.91. The summed E-state index contributed by atoms with van der Waals surface area (Å²) in [7, 11) is -2.64. The second-order valence-corrected chi connectivity index (χ2v) is 13.2. The van der Waals surface area contributed by atoms with Crippen molar-refractivity contribution >= 4 is 18.7 Å². The van der Waals surface area contributed by atoms with E-state index in [2.05, 4.69) is 69.3 Å². The van der Waals surface area contributed by atoms with E-state index in [9.17, 15) is 5.11 Å². The van der Waals surface area contributed by atoms with E-state index in [1.165, 1.54) is 10.4 Å².